The molecule has 2 aromatic rings. The van der Waals surface area contributed by atoms with E-state index >= 15 is 0 Å². The van der Waals surface area contributed by atoms with Crippen LogP contribution in [0, 0.1) is 0 Å². The second-order valence-electron chi connectivity index (χ2n) is 7.86. The fourth-order valence-corrected chi connectivity index (χ4v) is 4.31. The molecule has 1 aromatic carbocycles. The number of aromatic nitrogens is 2. The van der Waals surface area contributed by atoms with Gasteiger partial charge in [0.1, 0.15) is 6.10 Å². The van der Waals surface area contributed by atoms with Crippen molar-refractivity contribution in [1.29, 1.82) is 0 Å². The van der Waals surface area contributed by atoms with Crippen molar-refractivity contribution >= 4 is 35.6 Å². The monoisotopic (exact) mass is 524 g/mol. The molecule has 30 heavy (non-hydrogen) atoms. The molecule has 3 heterocycles. The summed E-state index contributed by atoms with van der Waals surface area (Å²) in [7, 11) is 1.94. The molecule has 2 unspecified atom stereocenters. The first-order valence-corrected chi connectivity index (χ1v) is 10.6. The molecular weight excluding hydrogens is 491 g/mol. The van der Waals surface area contributed by atoms with Crippen molar-refractivity contribution in [2.24, 2.45) is 12.0 Å². The molecule has 0 bridgehead atoms. The predicted octanol–water partition coefficient (Wildman–Crippen LogP) is 2.83. The van der Waals surface area contributed by atoms with Gasteiger partial charge in [-0.2, -0.15) is 5.10 Å². The van der Waals surface area contributed by atoms with Gasteiger partial charge in [-0.25, -0.2) is 0 Å². The fourth-order valence-electron chi connectivity index (χ4n) is 4.31. The highest BCUT2D eigenvalue weighted by Crippen LogP contribution is 2.31. The summed E-state index contributed by atoms with van der Waals surface area (Å²) >= 11 is 0. The third kappa shape index (κ3) is 5.08. The maximum Gasteiger partial charge on any atom is 0.194 e. The Bertz CT molecular complexity index is 854. The number of para-hydroxylation sites is 1. The van der Waals surface area contributed by atoms with Crippen molar-refractivity contribution in [3.8, 4) is 0 Å². The molecular formula is C22H33IN6O. The Hall–Kier alpha value is -1.81. The molecule has 164 valence electrons. The van der Waals surface area contributed by atoms with Gasteiger partial charge in [-0.05, 0) is 31.9 Å². The minimum atomic E-state index is 0. The number of benzene rings is 1. The molecule has 2 atom stereocenters. The van der Waals surface area contributed by atoms with E-state index in [-0.39, 0.29) is 30.1 Å². The third-order valence-corrected chi connectivity index (χ3v) is 5.75. The fraction of sp³-hybridized carbons (Fsp3) is 0.545. The van der Waals surface area contributed by atoms with Gasteiger partial charge in [0.15, 0.2) is 5.96 Å². The first kappa shape index (κ1) is 22.9. The van der Waals surface area contributed by atoms with Crippen LogP contribution in [-0.2, 0) is 18.2 Å². The van der Waals surface area contributed by atoms with Crippen LogP contribution in [0.25, 0.3) is 0 Å². The number of anilines is 1. The van der Waals surface area contributed by atoms with Gasteiger partial charge in [-0.15, -0.1) is 24.0 Å². The van der Waals surface area contributed by atoms with Crippen LogP contribution in [0.2, 0.25) is 0 Å². The Morgan fingerprint density at radius 1 is 1.33 bits per heavy atom. The molecule has 2 aliphatic rings. The largest absolute Gasteiger partial charge is 0.370 e. The molecule has 0 spiro atoms. The minimum absolute atomic E-state index is 0. The lowest BCUT2D eigenvalue weighted by atomic mass is 10.1. The van der Waals surface area contributed by atoms with Crippen LogP contribution in [0.3, 0.4) is 0 Å². The number of morpholine rings is 1. The number of ether oxygens (including phenoxy) is 1. The zero-order chi connectivity index (χ0) is 20.2. The van der Waals surface area contributed by atoms with E-state index in [0.29, 0.717) is 12.6 Å². The Kier molecular flexibility index (Phi) is 7.99. The Balaban J connectivity index is 0.00000256. The third-order valence-electron chi connectivity index (χ3n) is 5.75. The standard InChI is InChI=1S/C22H32N6O.HI/c1-4-23-22(27-11-12-29-21(16-27)19-14-25-26(3)15-19)24-9-10-28-17(2)13-18-7-5-6-8-20(18)28;/h5-8,14-15,17,21H,4,9-13,16H2,1-3H3,(H,23,24);1H. The number of rotatable bonds is 5. The summed E-state index contributed by atoms with van der Waals surface area (Å²) in [5.41, 5.74) is 3.93. The minimum Gasteiger partial charge on any atom is -0.370 e. The van der Waals surface area contributed by atoms with Crippen molar-refractivity contribution in [2.75, 3.05) is 44.2 Å². The van der Waals surface area contributed by atoms with Crippen LogP contribution in [0.4, 0.5) is 5.69 Å². The first-order valence-electron chi connectivity index (χ1n) is 10.6. The number of aryl methyl sites for hydroxylation is 1. The second-order valence-corrected chi connectivity index (χ2v) is 7.86. The normalized spacial score (nSPS) is 21.4. The van der Waals surface area contributed by atoms with Gasteiger partial charge in [0.25, 0.3) is 0 Å². The lowest BCUT2D eigenvalue weighted by Gasteiger charge is -2.35. The number of aliphatic imine (C=N–C) groups is 1. The number of hydrogen-bond acceptors (Lipinski definition) is 4. The molecule has 0 saturated carbocycles. The molecule has 1 saturated heterocycles. The van der Waals surface area contributed by atoms with Crippen molar-refractivity contribution in [3.05, 3.63) is 47.8 Å². The molecule has 0 aliphatic carbocycles. The average Bonchev–Trinajstić information content (AvgIpc) is 3.30. The number of nitrogens with one attached hydrogen (secondary N) is 1. The van der Waals surface area contributed by atoms with Gasteiger partial charge < -0.3 is 19.9 Å². The maximum absolute atomic E-state index is 5.99. The van der Waals surface area contributed by atoms with Gasteiger partial charge in [0, 0.05) is 50.2 Å². The van der Waals surface area contributed by atoms with E-state index in [2.05, 4.69) is 58.3 Å². The molecule has 1 N–H and O–H groups in total. The van der Waals surface area contributed by atoms with Crippen LogP contribution in [0.1, 0.15) is 31.1 Å². The van der Waals surface area contributed by atoms with Gasteiger partial charge in [-0.3, -0.25) is 9.67 Å². The van der Waals surface area contributed by atoms with E-state index < -0.39 is 0 Å². The smallest absolute Gasteiger partial charge is 0.194 e. The van der Waals surface area contributed by atoms with Crippen LogP contribution >= 0.6 is 24.0 Å². The molecule has 0 amide bonds. The van der Waals surface area contributed by atoms with Gasteiger partial charge in [0.05, 0.1) is 25.9 Å². The number of hydrogen-bond donors (Lipinski definition) is 1. The van der Waals surface area contributed by atoms with E-state index in [9.17, 15) is 0 Å². The summed E-state index contributed by atoms with van der Waals surface area (Å²) in [5.74, 6) is 0.977. The second kappa shape index (κ2) is 10.5. The summed E-state index contributed by atoms with van der Waals surface area (Å²) in [6.45, 7) is 9.32. The number of guanidine groups is 1. The first-order chi connectivity index (χ1) is 14.2. The molecule has 1 fully saturated rings. The summed E-state index contributed by atoms with van der Waals surface area (Å²) < 4.78 is 7.81. The highest BCUT2D eigenvalue weighted by atomic mass is 127. The zero-order valence-corrected chi connectivity index (χ0v) is 20.5. The summed E-state index contributed by atoms with van der Waals surface area (Å²) in [6.07, 6.45) is 5.08. The van der Waals surface area contributed by atoms with Gasteiger partial charge in [-0.1, -0.05) is 18.2 Å². The summed E-state index contributed by atoms with van der Waals surface area (Å²) in [4.78, 5) is 9.75. The Morgan fingerprint density at radius 2 is 2.17 bits per heavy atom. The molecule has 2 aliphatic heterocycles. The number of halogens is 1. The van der Waals surface area contributed by atoms with Crippen LogP contribution < -0.4 is 10.2 Å². The quantitative estimate of drug-likeness (QED) is 0.371. The maximum atomic E-state index is 5.99. The van der Waals surface area contributed by atoms with Crippen LogP contribution in [-0.4, -0.2) is 66.0 Å². The molecule has 8 heteroatoms. The lowest BCUT2D eigenvalue weighted by Crippen LogP contribution is -2.48. The number of fused-ring (bicyclic) bond motifs is 1. The topological polar surface area (TPSA) is 57.9 Å². The molecule has 0 radical (unpaired) electrons. The van der Waals surface area contributed by atoms with Gasteiger partial charge in [0.2, 0.25) is 0 Å². The van der Waals surface area contributed by atoms with Crippen molar-refractivity contribution < 1.29 is 4.74 Å². The van der Waals surface area contributed by atoms with Gasteiger partial charge >= 0.3 is 0 Å². The van der Waals surface area contributed by atoms with Crippen LogP contribution in [0.5, 0.6) is 0 Å². The predicted molar refractivity (Wildman–Crippen MR) is 132 cm³/mol. The average molecular weight is 524 g/mol. The highest BCUT2D eigenvalue weighted by Gasteiger charge is 2.26. The van der Waals surface area contributed by atoms with E-state index in [4.69, 9.17) is 9.73 Å². The Labute approximate surface area is 196 Å². The van der Waals surface area contributed by atoms with Crippen LogP contribution in [0.15, 0.2) is 41.7 Å². The SMILES string of the molecule is CCNC(=NCCN1c2ccccc2CC1C)N1CCOC(c2cnn(C)c2)C1.I. The van der Waals surface area contributed by atoms with E-state index in [1.807, 2.05) is 24.1 Å². The molecule has 7 nitrogen and oxygen atoms in total. The molecule has 1 aromatic heterocycles. The van der Waals surface area contributed by atoms with Crippen molar-refractivity contribution in [1.82, 2.24) is 20.0 Å². The van der Waals surface area contributed by atoms with E-state index in [1.54, 1.807) is 0 Å². The highest BCUT2D eigenvalue weighted by molar-refractivity contribution is 14.0. The van der Waals surface area contributed by atoms with Crippen molar-refractivity contribution in [2.45, 2.75) is 32.4 Å². The number of nitrogens with zero attached hydrogens (tertiary/aromatic N) is 5. The van der Waals surface area contributed by atoms with E-state index in [1.165, 1.54) is 11.3 Å². The van der Waals surface area contributed by atoms with E-state index in [0.717, 1.165) is 50.7 Å². The van der Waals surface area contributed by atoms with Crippen molar-refractivity contribution in [3.63, 3.8) is 0 Å². The summed E-state index contributed by atoms with van der Waals surface area (Å²) in [6, 6.07) is 9.26. The zero-order valence-electron chi connectivity index (χ0n) is 18.1. The molecule has 4 rings (SSSR count). The lowest BCUT2D eigenvalue weighted by molar-refractivity contribution is -0.00803. The Morgan fingerprint density at radius 3 is 2.93 bits per heavy atom. The summed E-state index contributed by atoms with van der Waals surface area (Å²) in [5, 5.41) is 7.75.